The largest absolute Gasteiger partial charge is 0.379 e. The number of carbonyl (C=O) groups is 1. The number of nitrogens with zero attached hydrogens (tertiary/aromatic N) is 5. The number of amides is 1. The first kappa shape index (κ1) is 23.0. The lowest BCUT2D eigenvalue weighted by Gasteiger charge is -2.29. The maximum atomic E-state index is 13.6. The Kier molecular flexibility index (Phi) is 7.22. The minimum Gasteiger partial charge on any atom is -0.379 e. The third-order valence-electron chi connectivity index (χ3n) is 6.28. The van der Waals surface area contributed by atoms with E-state index in [1.54, 1.807) is 12.1 Å². The van der Waals surface area contributed by atoms with Crippen molar-refractivity contribution in [2.75, 3.05) is 50.0 Å². The highest BCUT2D eigenvalue weighted by Gasteiger charge is 2.24. The van der Waals surface area contributed by atoms with Gasteiger partial charge in [0.1, 0.15) is 11.6 Å². The predicted octanol–water partition coefficient (Wildman–Crippen LogP) is 3.35. The van der Waals surface area contributed by atoms with Crippen molar-refractivity contribution in [1.29, 1.82) is 0 Å². The first-order valence-electron chi connectivity index (χ1n) is 11.7. The van der Waals surface area contributed by atoms with E-state index in [-0.39, 0.29) is 17.5 Å². The molecular formula is C25H28FN5O2S. The standard InChI is InChI=1S/C25H28FN5O2S/c26-20-7-9-21(10-8-20)31-23(11-13-29-14-16-33-17-15-29)27-28-25(31)34-18-24(32)30-12-3-5-19-4-1-2-6-22(19)30/h1-2,4,6-10H,3,5,11-18H2. The number of aromatic nitrogens is 3. The van der Waals surface area contributed by atoms with Crippen LogP contribution in [0.4, 0.5) is 10.1 Å². The summed E-state index contributed by atoms with van der Waals surface area (Å²) in [6.07, 6.45) is 2.67. The maximum absolute atomic E-state index is 13.6. The average Bonchev–Trinajstić information content (AvgIpc) is 3.29. The smallest absolute Gasteiger partial charge is 0.237 e. The summed E-state index contributed by atoms with van der Waals surface area (Å²) >= 11 is 1.38. The number of carbonyl (C=O) groups excluding carboxylic acids is 1. The van der Waals surface area contributed by atoms with Gasteiger partial charge in [0.25, 0.3) is 0 Å². The van der Waals surface area contributed by atoms with Crippen molar-refractivity contribution in [2.24, 2.45) is 0 Å². The lowest BCUT2D eigenvalue weighted by atomic mass is 10.0. The van der Waals surface area contributed by atoms with Gasteiger partial charge >= 0.3 is 0 Å². The molecule has 5 rings (SSSR count). The molecule has 0 saturated carbocycles. The van der Waals surface area contributed by atoms with Gasteiger partial charge in [0.2, 0.25) is 5.91 Å². The minimum atomic E-state index is -0.292. The zero-order valence-corrected chi connectivity index (χ0v) is 19.8. The topological polar surface area (TPSA) is 63.5 Å². The number of benzene rings is 2. The Morgan fingerprint density at radius 2 is 1.82 bits per heavy atom. The Bertz CT molecular complexity index is 1130. The van der Waals surface area contributed by atoms with E-state index in [0.29, 0.717) is 11.6 Å². The van der Waals surface area contributed by atoms with Crippen LogP contribution in [0.15, 0.2) is 53.7 Å². The molecule has 2 aliphatic rings. The molecule has 0 atom stereocenters. The molecule has 0 aliphatic carbocycles. The third-order valence-corrected chi connectivity index (χ3v) is 7.19. The van der Waals surface area contributed by atoms with Crippen molar-refractivity contribution >= 4 is 23.4 Å². The van der Waals surface area contributed by atoms with Gasteiger partial charge in [-0.15, -0.1) is 10.2 Å². The van der Waals surface area contributed by atoms with Gasteiger partial charge in [-0.3, -0.25) is 14.3 Å². The van der Waals surface area contributed by atoms with Crippen LogP contribution in [0.5, 0.6) is 0 Å². The van der Waals surface area contributed by atoms with E-state index in [1.165, 1.54) is 29.5 Å². The summed E-state index contributed by atoms with van der Waals surface area (Å²) in [4.78, 5) is 17.4. The highest BCUT2D eigenvalue weighted by atomic mass is 32.2. The second kappa shape index (κ2) is 10.7. The Morgan fingerprint density at radius 3 is 2.65 bits per heavy atom. The first-order valence-corrected chi connectivity index (χ1v) is 12.7. The first-order chi connectivity index (χ1) is 16.7. The molecule has 178 valence electrons. The zero-order valence-electron chi connectivity index (χ0n) is 19.0. The van der Waals surface area contributed by atoms with Crippen molar-refractivity contribution in [2.45, 2.75) is 24.4 Å². The molecule has 9 heteroatoms. The van der Waals surface area contributed by atoms with Gasteiger partial charge in [0.05, 0.1) is 19.0 Å². The molecule has 1 fully saturated rings. The van der Waals surface area contributed by atoms with Crippen LogP contribution >= 0.6 is 11.8 Å². The monoisotopic (exact) mass is 481 g/mol. The number of para-hydroxylation sites is 1. The van der Waals surface area contributed by atoms with E-state index < -0.39 is 0 Å². The molecule has 1 saturated heterocycles. The molecule has 0 radical (unpaired) electrons. The van der Waals surface area contributed by atoms with Gasteiger partial charge in [-0.1, -0.05) is 30.0 Å². The number of hydrogen-bond acceptors (Lipinski definition) is 6. The van der Waals surface area contributed by atoms with Gasteiger partial charge in [-0.2, -0.15) is 0 Å². The van der Waals surface area contributed by atoms with Crippen LogP contribution in [-0.4, -0.2) is 70.7 Å². The molecule has 3 heterocycles. The summed E-state index contributed by atoms with van der Waals surface area (Å²) in [5, 5.41) is 9.49. The van der Waals surface area contributed by atoms with Gasteiger partial charge < -0.3 is 9.64 Å². The molecule has 34 heavy (non-hydrogen) atoms. The van der Waals surface area contributed by atoms with Crippen LogP contribution in [0.2, 0.25) is 0 Å². The fourth-order valence-corrected chi connectivity index (χ4v) is 5.33. The molecule has 0 spiro atoms. The van der Waals surface area contributed by atoms with Crippen LogP contribution in [-0.2, 0) is 22.4 Å². The zero-order chi connectivity index (χ0) is 23.3. The van der Waals surface area contributed by atoms with E-state index >= 15 is 0 Å². The summed E-state index contributed by atoms with van der Waals surface area (Å²) in [5.41, 5.74) is 3.01. The fourth-order valence-electron chi connectivity index (χ4n) is 4.48. The Labute approximate surface area is 202 Å². The number of morpholine rings is 1. The number of fused-ring (bicyclic) bond motifs is 1. The van der Waals surface area contributed by atoms with Gasteiger partial charge in [0.15, 0.2) is 5.16 Å². The SMILES string of the molecule is O=C(CSc1nnc(CCN2CCOCC2)n1-c1ccc(F)cc1)N1CCCc2ccccc21. The summed E-state index contributed by atoms with van der Waals surface area (Å²) in [6, 6.07) is 14.4. The molecule has 7 nitrogen and oxygen atoms in total. The van der Waals surface area contributed by atoms with Crippen LogP contribution < -0.4 is 4.90 Å². The van der Waals surface area contributed by atoms with Crippen molar-refractivity contribution in [3.05, 3.63) is 65.7 Å². The number of halogens is 1. The molecule has 1 aromatic heterocycles. The molecular weight excluding hydrogens is 453 g/mol. The van der Waals surface area contributed by atoms with Crippen molar-refractivity contribution in [3.8, 4) is 5.69 Å². The predicted molar refractivity (Wildman–Crippen MR) is 130 cm³/mol. The summed E-state index contributed by atoms with van der Waals surface area (Å²) in [6.45, 7) is 4.86. The third kappa shape index (κ3) is 5.16. The molecule has 0 unspecified atom stereocenters. The Hall–Kier alpha value is -2.75. The molecule has 1 amide bonds. The second-order valence-electron chi connectivity index (χ2n) is 8.48. The number of rotatable bonds is 7. The minimum absolute atomic E-state index is 0.0562. The number of anilines is 1. The molecule has 0 bridgehead atoms. The van der Waals surface area contributed by atoms with Gasteiger partial charge in [-0.05, 0) is 48.7 Å². The van der Waals surface area contributed by atoms with E-state index in [1.807, 2.05) is 27.7 Å². The molecule has 0 N–H and O–H groups in total. The van der Waals surface area contributed by atoms with Crippen molar-refractivity contribution < 1.29 is 13.9 Å². The quantitative estimate of drug-likeness (QED) is 0.483. The van der Waals surface area contributed by atoms with Gasteiger partial charge in [-0.25, -0.2) is 4.39 Å². The van der Waals surface area contributed by atoms with Crippen LogP contribution in [0, 0.1) is 5.82 Å². The number of hydrogen-bond donors (Lipinski definition) is 0. The number of thioether (sulfide) groups is 1. The van der Waals surface area contributed by atoms with E-state index in [4.69, 9.17) is 4.74 Å². The second-order valence-corrected chi connectivity index (χ2v) is 9.42. The van der Waals surface area contributed by atoms with E-state index in [2.05, 4.69) is 21.2 Å². The maximum Gasteiger partial charge on any atom is 0.237 e. The summed E-state index contributed by atoms with van der Waals surface area (Å²) in [7, 11) is 0. The van der Waals surface area contributed by atoms with Crippen molar-refractivity contribution in [1.82, 2.24) is 19.7 Å². The lowest BCUT2D eigenvalue weighted by Crippen LogP contribution is -2.37. The number of aryl methyl sites for hydroxylation is 1. The highest BCUT2D eigenvalue weighted by Crippen LogP contribution is 2.29. The summed E-state index contributed by atoms with van der Waals surface area (Å²) < 4.78 is 21.0. The fraction of sp³-hybridized carbons (Fsp3) is 0.400. The normalized spacial score (nSPS) is 16.4. The van der Waals surface area contributed by atoms with Crippen molar-refractivity contribution in [3.63, 3.8) is 0 Å². The van der Waals surface area contributed by atoms with Crippen LogP contribution in [0.25, 0.3) is 5.69 Å². The molecule has 2 aromatic carbocycles. The van der Waals surface area contributed by atoms with Crippen LogP contribution in [0.1, 0.15) is 17.8 Å². The number of ether oxygens (including phenoxy) is 1. The Balaban J connectivity index is 1.33. The lowest BCUT2D eigenvalue weighted by molar-refractivity contribution is -0.116. The highest BCUT2D eigenvalue weighted by molar-refractivity contribution is 7.99. The Morgan fingerprint density at radius 1 is 1.03 bits per heavy atom. The van der Waals surface area contributed by atoms with Gasteiger partial charge in [0, 0.05) is 44.0 Å². The average molecular weight is 482 g/mol. The van der Waals surface area contributed by atoms with Crippen LogP contribution in [0.3, 0.4) is 0 Å². The molecule has 2 aliphatic heterocycles. The molecule has 3 aromatic rings. The summed E-state index contributed by atoms with van der Waals surface area (Å²) in [5.74, 6) is 0.828. The van der Waals surface area contributed by atoms with E-state index in [0.717, 1.165) is 69.4 Å². The van der Waals surface area contributed by atoms with E-state index in [9.17, 15) is 9.18 Å².